The van der Waals surface area contributed by atoms with E-state index in [9.17, 15) is 10.1 Å². The second kappa shape index (κ2) is 6.93. The average molecular weight is 331 g/mol. The SMILES string of the molecule is COc1ccccc1NC(=O)/C(C#N)=C/c1c(C)[nH]c2ccccc12. The van der Waals surface area contributed by atoms with Crippen LogP contribution in [0.2, 0.25) is 0 Å². The Morgan fingerprint density at radius 3 is 2.68 bits per heavy atom. The minimum Gasteiger partial charge on any atom is -0.495 e. The van der Waals surface area contributed by atoms with Gasteiger partial charge in [0.2, 0.25) is 0 Å². The lowest BCUT2D eigenvalue weighted by Crippen LogP contribution is -2.14. The summed E-state index contributed by atoms with van der Waals surface area (Å²) in [5.41, 5.74) is 3.25. The van der Waals surface area contributed by atoms with E-state index in [1.165, 1.54) is 7.11 Å². The highest BCUT2D eigenvalue weighted by atomic mass is 16.5. The molecular formula is C20H17N3O2. The first-order valence-electron chi connectivity index (χ1n) is 7.77. The molecule has 0 radical (unpaired) electrons. The molecule has 3 rings (SSSR count). The van der Waals surface area contributed by atoms with E-state index in [2.05, 4.69) is 10.3 Å². The predicted octanol–water partition coefficient (Wildman–Crippen LogP) is 4.03. The molecule has 0 unspecified atom stereocenters. The normalized spacial score (nSPS) is 11.2. The van der Waals surface area contributed by atoms with Crippen molar-refractivity contribution in [3.8, 4) is 11.8 Å². The molecule has 1 aromatic heterocycles. The van der Waals surface area contributed by atoms with E-state index in [0.717, 1.165) is 22.2 Å². The van der Waals surface area contributed by atoms with Crippen molar-refractivity contribution in [2.45, 2.75) is 6.92 Å². The van der Waals surface area contributed by atoms with Crippen LogP contribution in [0.1, 0.15) is 11.3 Å². The Labute approximate surface area is 145 Å². The summed E-state index contributed by atoms with van der Waals surface area (Å²) in [7, 11) is 1.53. The number of carbonyl (C=O) groups excluding carboxylic acids is 1. The number of para-hydroxylation sites is 3. The number of nitrogens with zero attached hydrogens (tertiary/aromatic N) is 1. The van der Waals surface area contributed by atoms with Gasteiger partial charge >= 0.3 is 0 Å². The standard InChI is InChI=1S/C20H17N3O2/c1-13-16(15-7-3-4-8-17(15)22-13)11-14(12-21)20(24)23-18-9-5-6-10-19(18)25-2/h3-11,22H,1-2H3,(H,23,24)/b14-11+. The maximum absolute atomic E-state index is 12.5. The van der Waals surface area contributed by atoms with Crippen molar-refractivity contribution in [1.82, 2.24) is 4.98 Å². The number of rotatable bonds is 4. The molecule has 2 aromatic carbocycles. The number of amides is 1. The minimum absolute atomic E-state index is 0.0266. The Hall–Kier alpha value is -3.52. The smallest absolute Gasteiger partial charge is 0.266 e. The zero-order valence-corrected chi connectivity index (χ0v) is 14.0. The van der Waals surface area contributed by atoms with Gasteiger partial charge in [0.1, 0.15) is 17.4 Å². The first-order valence-corrected chi connectivity index (χ1v) is 7.77. The van der Waals surface area contributed by atoms with Crippen molar-refractivity contribution in [3.63, 3.8) is 0 Å². The van der Waals surface area contributed by atoms with Crippen LogP contribution in [0.15, 0.2) is 54.1 Å². The lowest BCUT2D eigenvalue weighted by Gasteiger charge is -2.09. The number of benzene rings is 2. The molecule has 1 heterocycles. The van der Waals surface area contributed by atoms with E-state index in [1.807, 2.05) is 43.3 Å². The molecule has 5 heteroatoms. The van der Waals surface area contributed by atoms with Gasteiger partial charge in [-0.1, -0.05) is 30.3 Å². The van der Waals surface area contributed by atoms with Crippen molar-refractivity contribution < 1.29 is 9.53 Å². The third kappa shape index (κ3) is 3.24. The highest BCUT2D eigenvalue weighted by molar-refractivity contribution is 6.11. The predicted molar refractivity (Wildman–Crippen MR) is 98.2 cm³/mol. The number of ether oxygens (including phenoxy) is 1. The summed E-state index contributed by atoms with van der Waals surface area (Å²) in [6.07, 6.45) is 1.61. The van der Waals surface area contributed by atoms with Crippen LogP contribution in [-0.2, 0) is 4.79 Å². The zero-order chi connectivity index (χ0) is 17.8. The molecule has 0 saturated carbocycles. The van der Waals surface area contributed by atoms with Crippen LogP contribution < -0.4 is 10.1 Å². The van der Waals surface area contributed by atoms with Crippen molar-refractivity contribution in [3.05, 3.63) is 65.4 Å². The first kappa shape index (κ1) is 16.3. The Morgan fingerprint density at radius 1 is 1.20 bits per heavy atom. The summed E-state index contributed by atoms with van der Waals surface area (Å²) >= 11 is 0. The maximum Gasteiger partial charge on any atom is 0.266 e. The van der Waals surface area contributed by atoms with Gasteiger partial charge in [-0.3, -0.25) is 4.79 Å². The number of hydrogen-bond acceptors (Lipinski definition) is 3. The number of anilines is 1. The van der Waals surface area contributed by atoms with Gasteiger partial charge in [0, 0.05) is 22.2 Å². The van der Waals surface area contributed by atoms with Crippen molar-refractivity contribution in [2.75, 3.05) is 12.4 Å². The second-order valence-corrected chi connectivity index (χ2v) is 5.53. The highest BCUT2D eigenvalue weighted by Crippen LogP contribution is 2.26. The number of carbonyl (C=O) groups is 1. The Kier molecular flexibility index (Phi) is 4.53. The molecule has 0 aliphatic rings. The number of nitriles is 1. The van der Waals surface area contributed by atoms with E-state index in [0.29, 0.717) is 11.4 Å². The summed E-state index contributed by atoms with van der Waals surface area (Å²) in [6.45, 7) is 1.92. The molecule has 2 N–H and O–H groups in total. The third-order valence-electron chi connectivity index (χ3n) is 3.95. The third-order valence-corrected chi connectivity index (χ3v) is 3.95. The molecule has 0 fully saturated rings. The van der Waals surface area contributed by atoms with Gasteiger partial charge in [0.15, 0.2) is 0 Å². The van der Waals surface area contributed by atoms with E-state index in [4.69, 9.17) is 4.74 Å². The fourth-order valence-electron chi connectivity index (χ4n) is 2.71. The number of aromatic nitrogens is 1. The summed E-state index contributed by atoms with van der Waals surface area (Å²) in [5.74, 6) is 0.0631. The van der Waals surface area contributed by atoms with Gasteiger partial charge in [-0.05, 0) is 31.2 Å². The van der Waals surface area contributed by atoms with Gasteiger partial charge in [0.25, 0.3) is 5.91 Å². The molecule has 0 aliphatic heterocycles. The van der Waals surface area contributed by atoms with Gasteiger partial charge < -0.3 is 15.0 Å². The van der Waals surface area contributed by atoms with Crippen molar-refractivity contribution in [1.29, 1.82) is 5.26 Å². The van der Waals surface area contributed by atoms with E-state index in [1.54, 1.807) is 24.3 Å². The minimum atomic E-state index is -0.475. The number of methoxy groups -OCH3 is 1. The van der Waals surface area contributed by atoms with Crippen LogP contribution in [0, 0.1) is 18.3 Å². The molecule has 3 aromatic rings. The number of hydrogen-bond donors (Lipinski definition) is 2. The number of H-pyrrole nitrogens is 1. The fraction of sp³-hybridized carbons (Fsp3) is 0.100. The van der Waals surface area contributed by atoms with Crippen LogP contribution in [0.25, 0.3) is 17.0 Å². The van der Waals surface area contributed by atoms with Gasteiger partial charge in [-0.2, -0.15) is 5.26 Å². The molecule has 0 atom stereocenters. The van der Waals surface area contributed by atoms with Gasteiger partial charge in [0.05, 0.1) is 12.8 Å². The molecule has 0 spiro atoms. The van der Waals surface area contributed by atoms with Crippen LogP contribution >= 0.6 is 0 Å². The summed E-state index contributed by atoms with van der Waals surface area (Å²) in [4.78, 5) is 15.8. The number of nitrogens with one attached hydrogen (secondary N) is 2. The molecule has 124 valence electrons. The van der Waals surface area contributed by atoms with Crippen LogP contribution in [0.3, 0.4) is 0 Å². The summed E-state index contributed by atoms with van der Waals surface area (Å²) < 4.78 is 5.22. The fourth-order valence-corrected chi connectivity index (χ4v) is 2.71. The van der Waals surface area contributed by atoms with Crippen molar-refractivity contribution in [2.24, 2.45) is 0 Å². The molecule has 0 saturated heterocycles. The molecular weight excluding hydrogens is 314 g/mol. The lowest BCUT2D eigenvalue weighted by molar-refractivity contribution is -0.112. The second-order valence-electron chi connectivity index (χ2n) is 5.53. The molecule has 0 bridgehead atoms. The van der Waals surface area contributed by atoms with E-state index < -0.39 is 5.91 Å². The number of aryl methyl sites for hydroxylation is 1. The first-order chi connectivity index (χ1) is 12.1. The molecule has 0 aliphatic carbocycles. The topological polar surface area (TPSA) is 77.9 Å². The van der Waals surface area contributed by atoms with E-state index in [-0.39, 0.29) is 5.57 Å². The molecule has 5 nitrogen and oxygen atoms in total. The number of fused-ring (bicyclic) bond motifs is 1. The summed E-state index contributed by atoms with van der Waals surface area (Å²) in [5, 5.41) is 13.1. The van der Waals surface area contributed by atoms with Crippen LogP contribution in [0.5, 0.6) is 5.75 Å². The van der Waals surface area contributed by atoms with E-state index >= 15 is 0 Å². The monoisotopic (exact) mass is 331 g/mol. The van der Waals surface area contributed by atoms with Crippen LogP contribution in [0.4, 0.5) is 5.69 Å². The van der Waals surface area contributed by atoms with Crippen molar-refractivity contribution >= 4 is 28.6 Å². The van der Waals surface area contributed by atoms with Gasteiger partial charge in [-0.15, -0.1) is 0 Å². The Morgan fingerprint density at radius 2 is 1.92 bits per heavy atom. The Balaban J connectivity index is 1.96. The lowest BCUT2D eigenvalue weighted by atomic mass is 10.1. The maximum atomic E-state index is 12.5. The highest BCUT2D eigenvalue weighted by Gasteiger charge is 2.14. The van der Waals surface area contributed by atoms with Gasteiger partial charge in [-0.25, -0.2) is 0 Å². The average Bonchev–Trinajstić information content (AvgIpc) is 2.95. The number of aromatic amines is 1. The molecule has 25 heavy (non-hydrogen) atoms. The molecule has 1 amide bonds. The van der Waals surface area contributed by atoms with Crippen LogP contribution in [-0.4, -0.2) is 18.0 Å². The Bertz CT molecular complexity index is 1010. The summed E-state index contributed by atoms with van der Waals surface area (Å²) in [6, 6.07) is 16.8. The zero-order valence-electron chi connectivity index (χ0n) is 14.0. The quantitative estimate of drug-likeness (QED) is 0.559. The largest absolute Gasteiger partial charge is 0.495 e.